The number of aromatic nitrogens is 1. The van der Waals surface area contributed by atoms with E-state index >= 15 is 0 Å². The Labute approximate surface area is 253 Å². The molecule has 0 bridgehead atoms. The number of nitrogens with one attached hydrogen (secondary N) is 2. The van der Waals surface area contributed by atoms with Crippen molar-refractivity contribution in [3.05, 3.63) is 51.5 Å². The number of rotatable bonds is 3. The van der Waals surface area contributed by atoms with E-state index in [4.69, 9.17) is 4.98 Å². The van der Waals surface area contributed by atoms with Gasteiger partial charge in [0.1, 0.15) is 0 Å². The summed E-state index contributed by atoms with van der Waals surface area (Å²) in [7, 11) is 0. The van der Waals surface area contributed by atoms with Gasteiger partial charge in [0.05, 0.1) is 16.6 Å². The standard InChI is InChI=1S/C30H40F2N4OS.2ClH/c1-19-14-25-27(38-20(2)35-25)29(18-34-19)17-33-16-24(29)28(37)36-13-10-23(21-6-4-3-5-7-21)15-26(36)22-8-11-30(31,32)12-9-22;;/h3-7,19,22-24,26,33-34H,8-18H2,1-2H3;2*1H/p-2/t19-,23-,24+,26+,29+;;/m1../s1. The number of aryl methyl sites for hydroxylation is 1. The third kappa shape index (κ3) is 5.94. The van der Waals surface area contributed by atoms with E-state index in [1.54, 1.807) is 11.3 Å². The summed E-state index contributed by atoms with van der Waals surface area (Å²) in [5.74, 6) is -2.05. The highest BCUT2D eigenvalue weighted by atomic mass is 35.5. The average Bonchev–Trinajstić information content (AvgIpc) is 3.47. The molecule has 40 heavy (non-hydrogen) atoms. The Morgan fingerprint density at radius 3 is 2.55 bits per heavy atom. The maximum absolute atomic E-state index is 14.6. The van der Waals surface area contributed by atoms with Crippen molar-refractivity contribution in [2.75, 3.05) is 26.2 Å². The molecule has 3 aliphatic heterocycles. The summed E-state index contributed by atoms with van der Waals surface area (Å²) in [4.78, 5) is 22.9. The Morgan fingerprint density at radius 1 is 1.10 bits per heavy atom. The predicted octanol–water partition coefficient (Wildman–Crippen LogP) is -0.949. The highest BCUT2D eigenvalue weighted by Crippen LogP contribution is 2.47. The van der Waals surface area contributed by atoms with Gasteiger partial charge in [-0.1, -0.05) is 30.3 Å². The van der Waals surface area contributed by atoms with Gasteiger partial charge in [-0.3, -0.25) is 4.79 Å². The second-order valence-electron chi connectivity index (χ2n) is 12.3. The van der Waals surface area contributed by atoms with Gasteiger partial charge in [0, 0.05) is 67.8 Å². The Hall–Kier alpha value is -1.32. The van der Waals surface area contributed by atoms with E-state index in [1.807, 2.05) is 6.07 Å². The highest BCUT2D eigenvalue weighted by Gasteiger charge is 2.54. The first-order chi connectivity index (χ1) is 18.3. The molecule has 5 nitrogen and oxygen atoms in total. The fourth-order valence-corrected chi connectivity index (χ4v) is 8.88. The molecule has 222 valence electrons. The van der Waals surface area contributed by atoms with Crippen molar-refractivity contribution in [1.82, 2.24) is 20.5 Å². The molecule has 2 N–H and O–H groups in total. The van der Waals surface area contributed by atoms with Crippen LogP contribution in [0.4, 0.5) is 8.78 Å². The van der Waals surface area contributed by atoms with Crippen molar-refractivity contribution < 1.29 is 38.4 Å². The Bertz CT molecular complexity index is 1160. The molecule has 2 saturated heterocycles. The van der Waals surface area contributed by atoms with E-state index in [9.17, 15) is 13.6 Å². The van der Waals surface area contributed by atoms with E-state index in [-0.39, 0.29) is 66.9 Å². The van der Waals surface area contributed by atoms with Gasteiger partial charge in [0.25, 0.3) is 0 Å². The molecular formula is C30H40Cl2F2N4OS-2. The summed E-state index contributed by atoms with van der Waals surface area (Å²) in [6, 6.07) is 10.9. The van der Waals surface area contributed by atoms with Crippen LogP contribution in [0.5, 0.6) is 0 Å². The molecule has 1 saturated carbocycles. The number of amides is 1. The maximum atomic E-state index is 14.6. The van der Waals surface area contributed by atoms with Crippen LogP contribution >= 0.6 is 11.3 Å². The lowest BCUT2D eigenvalue weighted by Crippen LogP contribution is -3.00. The zero-order valence-electron chi connectivity index (χ0n) is 23.3. The summed E-state index contributed by atoms with van der Waals surface area (Å²) in [6.45, 7) is 7.12. The topological polar surface area (TPSA) is 57.3 Å². The fourth-order valence-electron chi connectivity index (χ4n) is 7.70. The lowest BCUT2D eigenvalue weighted by atomic mass is 9.72. The van der Waals surface area contributed by atoms with Gasteiger partial charge in [0.15, 0.2) is 0 Å². The number of thiazole rings is 1. The van der Waals surface area contributed by atoms with Crippen LogP contribution in [0.3, 0.4) is 0 Å². The van der Waals surface area contributed by atoms with Crippen molar-refractivity contribution in [2.24, 2.45) is 11.8 Å². The first kappa shape index (κ1) is 31.6. The van der Waals surface area contributed by atoms with Gasteiger partial charge in [-0.15, -0.1) is 11.3 Å². The Kier molecular flexibility index (Phi) is 9.88. The molecule has 10 heteroatoms. The van der Waals surface area contributed by atoms with Crippen LogP contribution < -0.4 is 35.4 Å². The van der Waals surface area contributed by atoms with Gasteiger partial charge < -0.3 is 40.3 Å². The summed E-state index contributed by atoms with van der Waals surface area (Å²) in [6.07, 6.45) is 3.52. The normalized spacial score (nSPS) is 32.0. The van der Waals surface area contributed by atoms with E-state index < -0.39 is 5.92 Å². The molecule has 1 aromatic carbocycles. The number of halogens is 4. The number of piperidine rings is 1. The monoisotopic (exact) mass is 612 g/mol. The minimum Gasteiger partial charge on any atom is -1.00 e. The third-order valence-corrected chi connectivity index (χ3v) is 11.0. The van der Waals surface area contributed by atoms with Crippen molar-refractivity contribution in [3.8, 4) is 0 Å². The molecule has 5 atom stereocenters. The Morgan fingerprint density at radius 2 is 1.82 bits per heavy atom. The zero-order valence-corrected chi connectivity index (χ0v) is 25.6. The maximum Gasteiger partial charge on any atom is 0.248 e. The second kappa shape index (κ2) is 12.5. The van der Waals surface area contributed by atoms with E-state index in [2.05, 4.69) is 53.6 Å². The number of carbonyl (C=O) groups excluding carboxylic acids is 1. The number of nitrogens with zero attached hydrogens (tertiary/aromatic N) is 2. The van der Waals surface area contributed by atoms with Gasteiger partial charge in [-0.05, 0) is 56.9 Å². The number of fused-ring (bicyclic) bond motifs is 2. The van der Waals surface area contributed by atoms with Gasteiger partial charge in [-0.2, -0.15) is 0 Å². The third-order valence-electron chi connectivity index (χ3n) is 9.78. The van der Waals surface area contributed by atoms with Crippen LogP contribution in [-0.4, -0.2) is 60.0 Å². The molecule has 0 radical (unpaired) electrons. The SMILES string of the molecule is Cc1nc2c(s1)[C@@]1(CNC[C@H]1C(=O)N1CC[C@@H](c3ccccc3)C[C@H]1C1CCC(F)(F)CC1)CN[C@H](C)C2.[Cl-].[Cl-]. The summed E-state index contributed by atoms with van der Waals surface area (Å²) in [5, 5.41) is 8.34. The molecule has 6 rings (SSSR count). The number of hydrogen-bond donors (Lipinski definition) is 2. The Balaban J connectivity index is 0.00000185. The van der Waals surface area contributed by atoms with Gasteiger partial charge >= 0.3 is 0 Å². The summed E-state index contributed by atoms with van der Waals surface area (Å²) >= 11 is 1.75. The smallest absolute Gasteiger partial charge is 0.248 e. The lowest BCUT2D eigenvalue weighted by Gasteiger charge is -2.47. The fraction of sp³-hybridized carbons (Fsp3) is 0.667. The largest absolute Gasteiger partial charge is 1.00 e. The van der Waals surface area contributed by atoms with Crippen LogP contribution in [-0.2, 0) is 16.6 Å². The van der Waals surface area contributed by atoms with Crippen LogP contribution in [0, 0.1) is 18.8 Å². The molecule has 4 aliphatic rings. The van der Waals surface area contributed by atoms with E-state index in [1.165, 1.54) is 10.4 Å². The van der Waals surface area contributed by atoms with Crippen LogP contribution in [0.1, 0.15) is 72.5 Å². The summed E-state index contributed by atoms with van der Waals surface area (Å²) in [5.41, 5.74) is 2.13. The zero-order chi connectivity index (χ0) is 26.5. The number of benzene rings is 1. The predicted molar refractivity (Wildman–Crippen MR) is 147 cm³/mol. The van der Waals surface area contributed by atoms with Crippen molar-refractivity contribution >= 4 is 17.2 Å². The number of carbonyl (C=O) groups is 1. The molecule has 1 amide bonds. The average molecular weight is 614 g/mol. The highest BCUT2D eigenvalue weighted by molar-refractivity contribution is 7.11. The van der Waals surface area contributed by atoms with Crippen LogP contribution in [0.15, 0.2) is 30.3 Å². The van der Waals surface area contributed by atoms with Gasteiger partial charge in [-0.25, -0.2) is 13.8 Å². The van der Waals surface area contributed by atoms with Crippen LogP contribution in [0.25, 0.3) is 0 Å². The molecule has 4 heterocycles. The lowest BCUT2D eigenvalue weighted by molar-refractivity contribution is -0.143. The number of hydrogen-bond acceptors (Lipinski definition) is 5. The molecule has 3 fully saturated rings. The second-order valence-corrected chi connectivity index (χ2v) is 13.5. The molecule has 1 aliphatic carbocycles. The minimum absolute atomic E-state index is 0. The van der Waals surface area contributed by atoms with Crippen molar-refractivity contribution in [1.29, 1.82) is 0 Å². The molecular weight excluding hydrogens is 573 g/mol. The van der Waals surface area contributed by atoms with Crippen molar-refractivity contribution in [2.45, 2.75) is 88.1 Å². The molecule has 1 spiro atoms. The minimum atomic E-state index is -2.57. The first-order valence-electron chi connectivity index (χ1n) is 14.4. The van der Waals surface area contributed by atoms with Crippen molar-refractivity contribution in [3.63, 3.8) is 0 Å². The molecule has 2 aromatic rings. The van der Waals surface area contributed by atoms with Crippen LogP contribution in [0.2, 0.25) is 0 Å². The first-order valence-corrected chi connectivity index (χ1v) is 15.2. The number of alkyl halides is 2. The summed E-state index contributed by atoms with van der Waals surface area (Å²) < 4.78 is 28.3. The quantitative estimate of drug-likeness (QED) is 0.470. The van der Waals surface area contributed by atoms with Gasteiger partial charge in [0.2, 0.25) is 11.8 Å². The number of likely N-dealkylation sites (tertiary alicyclic amines) is 1. The van der Waals surface area contributed by atoms with E-state index in [0.717, 1.165) is 43.1 Å². The molecule has 1 aromatic heterocycles. The van der Waals surface area contributed by atoms with E-state index in [0.29, 0.717) is 37.9 Å². The molecule has 0 unspecified atom stereocenters.